The first kappa shape index (κ1) is 31.4. The number of phenols is 1. The molecule has 2 heterocycles. The second-order valence-electron chi connectivity index (χ2n) is 13.3. The van der Waals surface area contributed by atoms with E-state index in [0.29, 0.717) is 11.1 Å². The van der Waals surface area contributed by atoms with E-state index in [4.69, 9.17) is 40.8 Å². The maximum atomic E-state index is 11.4. The fraction of sp³-hybridized carbons (Fsp3) is 0. The third-order valence-corrected chi connectivity index (χ3v) is 10.4. The van der Waals surface area contributed by atoms with E-state index in [0.717, 1.165) is 82.7 Å². The van der Waals surface area contributed by atoms with Gasteiger partial charge in [-0.1, -0.05) is 108 Å². The number of nitrogens with zero attached hydrogens (tertiary/aromatic N) is 2. The van der Waals surface area contributed by atoms with E-state index in [9.17, 15) is 5.11 Å². The molecule has 1 N–H and O–H groups in total. The zero-order chi connectivity index (χ0) is 36.0. The Morgan fingerprint density at radius 3 is 1.96 bits per heavy atom. The van der Waals surface area contributed by atoms with Crippen molar-refractivity contribution >= 4 is 108 Å². The smallest absolute Gasteiger partial charge is 0.146 e. The first-order valence-corrected chi connectivity index (χ1v) is 17.3. The van der Waals surface area contributed by atoms with Gasteiger partial charge >= 0.3 is 0 Å². The molecule has 0 saturated heterocycles. The van der Waals surface area contributed by atoms with Gasteiger partial charge in [0, 0.05) is 27.6 Å². The van der Waals surface area contributed by atoms with Crippen LogP contribution in [-0.4, -0.2) is 46.0 Å². The molecule has 0 unspecified atom stereocenters. The number of hydrogen-bond acceptors (Lipinski definition) is 3. The average molecular weight is 668 g/mol. The molecule has 4 nitrogen and oxygen atoms in total. The van der Waals surface area contributed by atoms with Crippen LogP contribution < -0.4 is 21.9 Å². The van der Waals surface area contributed by atoms with E-state index in [1.807, 2.05) is 72.8 Å². The summed E-state index contributed by atoms with van der Waals surface area (Å²) in [5, 5.41) is 17.3. The molecule has 8 heteroatoms. The number of phenolic OH excluding ortho intramolecular Hbond substituents is 1. The fourth-order valence-electron chi connectivity index (χ4n) is 7.99. The molecule has 238 valence electrons. The molecule has 53 heavy (non-hydrogen) atoms. The van der Waals surface area contributed by atoms with Gasteiger partial charge in [-0.05, 0) is 80.7 Å². The number of benzene rings is 8. The van der Waals surface area contributed by atoms with Crippen molar-refractivity contribution in [2.75, 3.05) is 0 Å². The molecular weight excluding hydrogens is 644 g/mol. The Labute approximate surface area is 310 Å². The number of hydrogen-bond donors (Lipinski definition) is 1. The van der Waals surface area contributed by atoms with E-state index < -0.39 is 0 Å². The van der Waals surface area contributed by atoms with Gasteiger partial charge in [0.1, 0.15) is 54.1 Å². The topological polar surface area (TPSA) is 51.2 Å². The zero-order valence-electron chi connectivity index (χ0n) is 28.3. The quantitative estimate of drug-likeness (QED) is 0.161. The van der Waals surface area contributed by atoms with Crippen LogP contribution in [0, 0.1) is 0 Å². The average Bonchev–Trinajstić information content (AvgIpc) is 3.78. The van der Waals surface area contributed by atoms with Crippen LogP contribution in [0.4, 0.5) is 0 Å². The van der Waals surface area contributed by atoms with Gasteiger partial charge in [-0.2, -0.15) is 0 Å². The number of para-hydroxylation sites is 4. The third kappa shape index (κ3) is 4.58. The summed E-state index contributed by atoms with van der Waals surface area (Å²) in [6.45, 7) is 0. The predicted octanol–water partition coefficient (Wildman–Crippen LogP) is 7.11. The summed E-state index contributed by atoms with van der Waals surface area (Å²) in [6.07, 6.45) is 0. The van der Waals surface area contributed by atoms with E-state index in [-0.39, 0.29) is 27.6 Å². The van der Waals surface area contributed by atoms with Crippen LogP contribution in [0.1, 0.15) is 0 Å². The summed E-state index contributed by atoms with van der Waals surface area (Å²) in [5.41, 5.74) is 8.69. The van der Waals surface area contributed by atoms with Gasteiger partial charge in [0.05, 0.1) is 11.0 Å². The van der Waals surface area contributed by atoms with Crippen LogP contribution in [0.25, 0.3) is 93.8 Å². The molecule has 0 aliphatic carbocycles. The van der Waals surface area contributed by atoms with Gasteiger partial charge in [0.25, 0.3) is 0 Å². The molecule has 8 radical (unpaired) electrons. The summed E-state index contributed by atoms with van der Waals surface area (Å²) in [4.78, 5) is 5.33. The first-order chi connectivity index (χ1) is 25.9. The van der Waals surface area contributed by atoms with Crippen LogP contribution >= 0.6 is 0 Å². The lowest BCUT2D eigenvalue weighted by molar-refractivity contribution is 0.482. The number of aromatic nitrogens is 2. The third-order valence-electron chi connectivity index (χ3n) is 10.4. The van der Waals surface area contributed by atoms with Gasteiger partial charge in [-0.25, -0.2) is 4.98 Å². The van der Waals surface area contributed by atoms with E-state index >= 15 is 0 Å². The largest absolute Gasteiger partial charge is 0.508 e. The Kier molecular flexibility index (Phi) is 7.00. The molecule has 0 bridgehead atoms. The summed E-state index contributed by atoms with van der Waals surface area (Å²) < 4.78 is 8.61. The van der Waals surface area contributed by atoms with Crippen molar-refractivity contribution in [2.45, 2.75) is 0 Å². The molecule has 0 spiro atoms. The minimum atomic E-state index is -0.218. The Hall–Kier alpha value is -6.39. The van der Waals surface area contributed by atoms with Crippen molar-refractivity contribution in [3.05, 3.63) is 140 Å². The highest BCUT2D eigenvalue weighted by Crippen LogP contribution is 2.48. The van der Waals surface area contributed by atoms with Crippen molar-refractivity contribution in [3.63, 3.8) is 0 Å². The standard InChI is InChI=1S/C45H24B4N2O2/c46-40-36(44(52)43(49)42(48)41(40)47)24-21-22-28-31(23-24)37(30-16-10-20-35-38(30)29-15-6-9-19-34(29)53-35)26-13-4-5-14-27(26)39(28)45-50-32-17-7-8-18-33(32)51(45)25-11-2-1-3-12-25/h1-23,52H. The second kappa shape index (κ2) is 11.8. The van der Waals surface area contributed by atoms with Crippen molar-refractivity contribution < 1.29 is 9.52 Å². The SMILES string of the molecule is [B]c1c([B])c([B])c(-c2ccc3c(-c4nc5ccccc5n4-c4ccccc4)c4ccccc4c(-c4cccc5oc6ccccc6c45)c3c2)c(O)c1[B]. The molecule has 10 rings (SSSR count). The Balaban J connectivity index is 1.41. The molecule has 2 aromatic heterocycles. The number of furan rings is 1. The highest BCUT2D eigenvalue weighted by atomic mass is 16.3. The predicted molar refractivity (Wildman–Crippen MR) is 223 cm³/mol. The molecule has 8 aromatic carbocycles. The maximum absolute atomic E-state index is 11.4. The van der Waals surface area contributed by atoms with Crippen molar-refractivity contribution in [1.29, 1.82) is 0 Å². The molecule has 0 aliphatic heterocycles. The van der Waals surface area contributed by atoms with Crippen molar-refractivity contribution in [1.82, 2.24) is 9.55 Å². The monoisotopic (exact) mass is 668 g/mol. The molecule has 0 fully saturated rings. The minimum absolute atomic E-state index is 0.0163. The van der Waals surface area contributed by atoms with Crippen LogP contribution in [0.15, 0.2) is 144 Å². The van der Waals surface area contributed by atoms with Crippen LogP contribution in [0.3, 0.4) is 0 Å². The molecule has 0 aliphatic rings. The number of rotatable bonds is 4. The Bertz CT molecular complexity index is 3100. The maximum Gasteiger partial charge on any atom is 0.146 e. The second-order valence-corrected chi connectivity index (χ2v) is 13.3. The highest BCUT2D eigenvalue weighted by molar-refractivity contribution is 6.64. The van der Waals surface area contributed by atoms with E-state index in [1.165, 1.54) is 0 Å². The molecule has 0 amide bonds. The number of aromatic hydroxyl groups is 1. The van der Waals surface area contributed by atoms with E-state index in [1.54, 1.807) is 0 Å². The summed E-state index contributed by atoms with van der Waals surface area (Å²) in [6, 6.07) is 47.2. The van der Waals surface area contributed by atoms with Gasteiger partial charge in [0.2, 0.25) is 0 Å². The fourth-order valence-corrected chi connectivity index (χ4v) is 7.99. The van der Waals surface area contributed by atoms with E-state index in [2.05, 4.69) is 71.3 Å². The molecule has 0 atom stereocenters. The lowest BCUT2D eigenvalue weighted by atomic mass is 9.64. The Morgan fingerprint density at radius 1 is 0.509 bits per heavy atom. The van der Waals surface area contributed by atoms with Crippen molar-refractivity contribution in [3.8, 4) is 45.1 Å². The lowest BCUT2D eigenvalue weighted by Crippen LogP contribution is -2.48. The normalized spacial score (nSPS) is 11.8. The van der Waals surface area contributed by atoms with Gasteiger partial charge in [-0.15, -0.1) is 10.9 Å². The minimum Gasteiger partial charge on any atom is -0.508 e. The zero-order valence-corrected chi connectivity index (χ0v) is 28.3. The first-order valence-electron chi connectivity index (χ1n) is 17.3. The van der Waals surface area contributed by atoms with Crippen molar-refractivity contribution in [2.24, 2.45) is 0 Å². The Morgan fingerprint density at radius 2 is 1.15 bits per heavy atom. The lowest BCUT2D eigenvalue weighted by Gasteiger charge is -2.22. The number of imidazole rings is 1. The number of fused-ring (bicyclic) bond motifs is 6. The van der Waals surface area contributed by atoms with Gasteiger partial charge in [-0.3, -0.25) is 4.57 Å². The summed E-state index contributed by atoms with van der Waals surface area (Å²) in [5.74, 6) is 0.582. The summed E-state index contributed by atoms with van der Waals surface area (Å²) >= 11 is 0. The molecule has 0 saturated carbocycles. The van der Waals surface area contributed by atoms with Gasteiger partial charge < -0.3 is 9.52 Å². The van der Waals surface area contributed by atoms with Crippen LogP contribution in [0.2, 0.25) is 0 Å². The van der Waals surface area contributed by atoms with Gasteiger partial charge in [0.15, 0.2) is 0 Å². The molecular formula is C45H24B4N2O2. The highest BCUT2D eigenvalue weighted by Gasteiger charge is 2.25. The van der Waals surface area contributed by atoms with Crippen LogP contribution in [-0.2, 0) is 0 Å². The molecule has 10 aromatic rings. The van der Waals surface area contributed by atoms with Crippen LogP contribution in [0.5, 0.6) is 5.75 Å². The summed E-state index contributed by atoms with van der Waals surface area (Å²) in [7, 11) is 25.4.